The summed E-state index contributed by atoms with van der Waals surface area (Å²) in [6.45, 7) is 8.72. The SMILES string of the molecule is C[C@]1(CCOC(=O)/C=C/C=C\C(=O)OCC[Si](C)(C)C)O[C@@H]1C(=O)O. The lowest BCUT2D eigenvalue weighted by molar-refractivity contribution is -0.139. The summed E-state index contributed by atoms with van der Waals surface area (Å²) in [7, 11) is -1.23. The maximum atomic E-state index is 11.5. The van der Waals surface area contributed by atoms with Crippen molar-refractivity contribution in [2.24, 2.45) is 0 Å². The minimum Gasteiger partial charge on any atom is -0.479 e. The highest BCUT2D eigenvalue weighted by Crippen LogP contribution is 2.39. The smallest absolute Gasteiger partial charge is 0.335 e. The number of hydrogen-bond donors (Lipinski definition) is 1. The Balaban J connectivity index is 2.17. The van der Waals surface area contributed by atoms with Crippen molar-refractivity contribution in [3.05, 3.63) is 24.3 Å². The summed E-state index contributed by atoms with van der Waals surface area (Å²) in [5.74, 6) is -2.04. The van der Waals surface area contributed by atoms with Gasteiger partial charge in [0.05, 0.1) is 13.2 Å². The van der Waals surface area contributed by atoms with Gasteiger partial charge in [0.25, 0.3) is 0 Å². The Bertz CT molecular complexity index is 562. The third kappa shape index (κ3) is 8.64. The number of esters is 2. The summed E-state index contributed by atoms with van der Waals surface area (Å²) < 4.78 is 15.1. The first-order valence-corrected chi connectivity index (χ1v) is 11.8. The van der Waals surface area contributed by atoms with E-state index in [1.165, 1.54) is 24.3 Å². The van der Waals surface area contributed by atoms with Gasteiger partial charge in [0.1, 0.15) is 5.60 Å². The van der Waals surface area contributed by atoms with Crippen molar-refractivity contribution >= 4 is 26.0 Å². The summed E-state index contributed by atoms with van der Waals surface area (Å²) in [6.07, 6.45) is 4.68. The van der Waals surface area contributed by atoms with Crippen LogP contribution in [0.5, 0.6) is 0 Å². The lowest BCUT2D eigenvalue weighted by atomic mass is 10.0. The van der Waals surface area contributed by atoms with Gasteiger partial charge >= 0.3 is 17.9 Å². The average molecular weight is 370 g/mol. The van der Waals surface area contributed by atoms with Gasteiger partial charge in [0.15, 0.2) is 6.10 Å². The van der Waals surface area contributed by atoms with E-state index in [0.717, 1.165) is 6.04 Å². The van der Waals surface area contributed by atoms with Crippen LogP contribution in [-0.2, 0) is 28.6 Å². The molecule has 0 aromatic heterocycles. The van der Waals surface area contributed by atoms with Crippen LogP contribution in [-0.4, -0.2) is 56.0 Å². The van der Waals surface area contributed by atoms with Crippen LogP contribution in [0.15, 0.2) is 24.3 Å². The van der Waals surface area contributed by atoms with Crippen LogP contribution < -0.4 is 0 Å². The van der Waals surface area contributed by atoms with Gasteiger partial charge in [-0.1, -0.05) is 31.8 Å². The molecule has 0 aromatic carbocycles. The Morgan fingerprint density at radius 2 is 1.60 bits per heavy atom. The molecule has 1 fully saturated rings. The molecule has 0 unspecified atom stereocenters. The van der Waals surface area contributed by atoms with Crippen molar-refractivity contribution < 1.29 is 33.7 Å². The molecule has 1 rings (SSSR count). The lowest BCUT2D eigenvalue weighted by Gasteiger charge is -2.14. The van der Waals surface area contributed by atoms with Gasteiger partial charge in [-0.2, -0.15) is 0 Å². The minimum absolute atomic E-state index is 0.0614. The highest BCUT2D eigenvalue weighted by atomic mass is 28.3. The summed E-state index contributed by atoms with van der Waals surface area (Å²) in [6, 6.07) is 0.903. The Morgan fingerprint density at radius 3 is 2.04 bits per heavy atom. The van der Waals surface area contributed by atoms with E-state index in [1.807, 2.05) is 0 Å². The zero-order valence-electron chi connectivity index (χ0n) is 15.1. The van der Waals surface area contributed by atoms with Crippen molar-refractivity contribution in [2.45, 2.75) is 50.7 Å². The van der Waals surface area contributed by atoms with E-state index in [1.54, 1.807) is 6.92 Å². The maximum Gasteiger partial charge on any atom is 0.335 e. The predicted octanol–water partition coefficient (Wildman–Crippen LogP) is 2.16. The number of rotatable bonds is 10. The molecule has 0 radical (unpaired) electrons. The Kier molecular flexibility index (Phi) is 7.56. The van der Waals surface area contributed by atoms with Crippen LogP contribution in [0.25, 0.3) is 0 Å². The molecule has 2 atom stereocenters. The topological polar surface area (TPSA) is 102 Å². The molecular weight excluding hydrogens is 344 g/mol. The highest BCUT2D eigenvalue weighted by Gasteiger charge is 2.57. The van der Waals surface area contributed by atoms with Gasteiger partial charge in [-0.25, -0.2) is 14.4 Å². The molecule has 140 valence electrons. The van der Waals surface area contributed by atoms with E-state index in [4.69, 9.17) is 19.3 Å². The van der Waals surface area contributed by atoms with Crippen LogP contribution in [0.3, 0.4) is 0 Å². The number of carbonyl (C=O) groups excluding carboxylic acids is 2. The quantitative estimate of drug-likeness (QED) is 0.207. The van der Waals surface area contributed by atoms with Crippen LogP contribution in [0.2, 0.25) is 25.7 Å². The molecule has 8 heteroatoms. The van der Waals surface area contributed by atoms with Crippen LogP contribution in [0, 0.1) is 0 Å². The molecule has 7 nitrogen and oxygen atoms in total. The Hall–Kier alpha value is -1.93. The van der Waals surface area contributed by atoms with E-state index >= 15 is 0 Å². The average Bonchev–Trinajstić information content (AvgIpc) is 3.15. The number of carboxylic acids is 1. The van der Waals surface area contributed by atoms with Crippen molar-refractivity contribution in [3.63, 3.8) is 0 Å². The van der Waals surface area contributed by atoms with E-state index in [2.05, 4.69) is 19.6 Å². The van der Waals surface area contributed by atoms with E-state index in [-0.39, 0.29) is 6.61 Å². The summed E-state index contributed by atoms with van der Waals surface area (Å²) in [4.78, 5) is 33.7. The van der Waals surface area contributed by atoms with E-state index in [0.29, 0.717) is 13.0 Å². The fourth-order valence-corrected chi connectivity index (χ4v) is 2.63. The normalized spacial score (nSPS) is 23.0. The molecule has 0 amide bonds. The monoisotopic (exact) mass is 370 g/mol. The fourth-order valence-electron chi connectivity index (χ4n) is 1.91. The van der Waals surface area contributed by atoms with Crippen LogP contribution in [0.1, 0.15) is 13.3 Å². The number of aliphatic carboxylic acids is 1. The second-order valence-corrected chi connectivity index (χ2v) is 12.9. The first kappa shape index (κ1) is 21.1. The largest absolute Gasteiger partial charge is 0.479 e. The van der Waals surface area contributed by atoms with Gasteiger partial charge in [-0.15, -0.1) is 0 Å². The second kappa shape index (κ2) is 8.96. The Labute approximate surface area is 148 Å². The number of ether oxygens (including phenoxy) is 3. The van der Waals surface area contributed by atoms with E-state index < -0.39 is 37.7 Å². The molecular formula is C17H26O7Si. The summed E-state index contributed by atoms with van der Waals surface area (Å²) in [5.41, 5.74) is -0.768. The standard InChI is InChI=1S/C17H26O7Si/c1-17(15(24-17)16(20)21)9-10-22-13(18)7-5-6-8-14(19)23-11-12-25(2,3)4/h5-8,15H,9-12H2,1-4H3,(H,20,21)/b7-5+,8-6-/t15-,17-/m1/s1. The number of hydrogen-bond acceptors (Lipinski definition) is 6. The van der Waals surface area contributed by atoms with Gasteiger partial charge in [0, 0.05) is 26.6 Å². The number of epoxide rings is 1. The Morgan fingerprint density at radius 1 is 1.08 bits per heavy atom. The van der Waals surface area contributed by atoms with Crippen LogP contribution in [0.4, 0.5) is 0 Å². The number of allylic oxidation sites excluding steroid dienone is 2. The molecule has 0 spiro atoms. The predicted molar refractivity (Wildman–Crippen MR) is 93.9 cm³/mol. The first-order valence-electron chi connectivity index (χ1n) is 8.12. The molecule has 1 N–H and O–H groups in total. The third-order valence-corrected chi connectivity index (χ3v) is 5.33. The molecule has 0 bridgehead atoms. The van der Waals surface area contributed by atoms with E-state index in [9.17, 15) is 14.4 Å². The lowest BCUT2D eigenvalue weighted by Crippen LogP contribution is -2.22. The molecule has 1 aliphatic heterocycles. The fraction of sp³-hybridized carbons (Fsp3) is 0.588. The number of carboxylic acid groups (broad SMARTS) is 1. The van der Waals surface area contributed by atoms with Gasteiger partial charge < -0.3 is 19.3 Å². The molecule has 1 heterocycles. The molecule has 1 aliphatic rings. The van der Waals surface area contributed by atoms with Crippen LogP contribution >= 0.6 is 0 Å². The van der Waals surface area contributed by atoms with Crippen molar-refractivity contribution in [1.82, 2.24) is 0 Å². The molecule has 0 aromatic rings. The zero-order chi connectivity index (χ0) is 19.1. The molecule has 0 aliphatic carbocycles. The maximum absolute atomic E-state index is 11.5. The number of carbonyl (C=O) groups is 3. The molecule has 1 saturated heterocycles. The van der Waals surface area contributed by atoms with Gasteiger partial charge in [-0.3, -0.25) is 0 Å². The van der Waals surface area contributed by atoms with Crippen molar-refractivity contribution in [1.29, 1.82) is 0 Å². The zero-order valence-corrected chi connectivity index (χ0v) is 16.1. The molecule has 25 heavy (non-hydrogen) atoms. The second-order valence-electron chi connectivity index (χ2n) is 7.26. The van der Waals surface area contributed by atoms with Gasteiger partial charge in [0.2, 0.25) is 0 Å². The molecule has 0 saturated carbocycles. The minimum atomic E-state index is -1.23. The summed E-state index contributed by atoms with van der Waals surface area (Å²) >= 11 is 0. The van der Waals surface area contributed by atoms with Crippen molar-refractivity contribution in [2.75, 3.05) is 13.2 Å². The highest BCUT2D eigenvalue weighted by molar-refractivity contribution is 6.76. The third-order valence-electron chi connectivity index (χ3n) is 3.62. The summed E-state index contributed by atoms with van der Waals surface area (Å²) in [5, 5.41) is 8.79. The van der Waals surface area contributed by atoms with Crippen molar-refractivity contribution in [3.8, 4) is 0 Å². The van der Waals surface area contributed by atoms with Gasteiger partial charge in [-0.05, 0) is 13.0 Å². The first-order chi connectivity index (χ1) is 11.5.